The Balaban J connectivity index is 1.67. The first-order valence-electron chi connectivity index (χ1n) is 7.72. The third-order valence-corrected chi connectivity index (χ3v) is 4.56. The Labute approximate surface area is 130 Å². The Morgan fingerprint density at radius 2 is 1.95 bits per heavy atom. The van der Waals surface area contributed by atoms with Gasteiger partial charge in [-0.05, 0) is 31.4 Å². The molecule has 1 aromatic heterocycles. The molecule has 0 spiro atoms. The summed E-state index contributed by atoms with van der Waals surface area (Å²) in [5.74, 6) is 0.453. The molecule has 5 nitrogen and oxygen atoms in total. The van der Waals surface area contributed by atoms with Crippen LogP contribution >= 0.6 is 0 Å². The zero-order valence-electron chi connectivity index (χ0n) is 12.8. The van der Waals surface area contributed by atoms with E-state index in [0.29, 0.717) is 5.92 Å². The number of hydrogen-bond acceptors (Lipinski definition) is 3. The van der Waals surface area contributed by atoms with E-state index in [1.165, 1.54) is 0 Å². The number of carbonyl (C=O) groups is 1. The highest BCUT2D eigenvalue weighted by atomic mass is 16.2. The first-order valence-corrected chi connectivity index (χ1v) is 7.72. The van der Waals surface area contributed by atoms with Gasteiger partial charge in [-0.2, -0.15) is 5.10 Å². The third-order valence-electron chi connectivity index (χ3n) is 4.56. The van der Waals surface area contributed by atoms with Gasteiger partial charge in [-0.15, -0.1) is 0 Å². The zero-order chi connectivity index (χ0) is 15.6. The molecule has 5 heteroatoms. The predicted molar refractivity (Wildman–Crippen MR) is 85.1 cm³/mol. The number of nitrogens with zero attached hydrogens (tertiary/aromatic N) is 2. The lowest BCUT2D eigenvalue weighted by molar-refractivity contribution is -0.137. The smallest absolute Gasteiger partial charge is 0.246 e. The molecule has 1 aliphatic rings. The van der Waals surface area contributed by atoms with Gasteiger partial charge < -0.3 is 10.6 Å². The van der Waals surface area contributed by atoms with Crippen LogP contribution in [-0.2, 0) is 10.3 Å². The largest absolute Gasteiger partial charge is 0.341 e. The molecule has 1 amide bonds. The fourth-order valence-corrected chi connectivity index (χ4v) is 3.12. The van der Waals surface area contributed by atoms with Gasteiger partial charge in [0.15, 0.2) is 0 Å². The van der Waals surface area contributed by atoms with Crippen molar-refractivity contribution >= 4 is 5.91 Å². The van der Waals surface area contributed by atoms with Crippen LogP contribution < -0.4 is 5.73 Å². The predicted octanol–water partition coefficient (Wildman–Crippen LogP) is 1.99. The minimum atomic E-state index is -0.970. The minimum absolute atomic E-state index is 0.00163. The SMILES string of the molecule is CC(N)(C(=O)N1CCC(c2ccn[nH]2)CC1)c1ccccc1. The lowest BCUT2D eigenvalue weighted by Crippen LogP contribution is -2.52. The Hall–Kier alpha value is -2.14. The average molecular weight is 298 g/mol. The van der Waals surface area contributed by atoms with Gasteiger partial charge in [0, 0.05) is 30.9 Å². The minimum Gasteiger partial charge on any atom is -0.341 e. The highest BCUT2D eigenvalue weighted by molar-refractivity contribution is 5.87. The summed E-state index contributed by atoms with van der Waals surface area (Å²) in [7, 11) is 0. The van der Waals surface area contributed by atoms with Crippen molar-refractivity contribution in [3.63, 3.8) is 0 Å². The summed E-state index contributed by atoms with van der Waals surface area (Å²) in [6.45, 7) is 3.27. The van der Waals surface area contributed by atoms with Gasteiger partial charge in [-0.1, -0.05) is 30.3 Å². The molecule has 116 valence electrons. The van der Waals surface area contributed by atoms with E-state index in [9.17, 15) is 4.79 Å². The second-order valence-corrected chi connectivity index (χ2v) is 6.15. The second kappa shape index (κ2) is 5.93. The number of nitrogens with two attached hydrogens (primary N) is 1. The second-order valence-electron chi connectivity index (χ2n) is 6.15. The van der Waals surface area contributed by atoms with Crippen molar-refractivity contribution in [2.75, 3.05) is 13.1 Å². The molecule has 0 radical (unpaired) electrons. The number of likely N-dealkylation sites (tertiary alicyclic amines) is 1. The summed E-state index contributed by atoms with van der Waals surface area (Å²) < 4.78 is 0. The standard InChI is InChI=1S/C17H22N4O/c1-17(18,14-5-3-2-4-6-14)16(22)21-11-8-13(9-12-21)15-7-10-19-20-15/h2-7,10,13H,8-9,11-12,18H2,1H3,(H,19,20). The van der Waals surface area contributed by atoms with Gasteiger partial charge >= 0.3 is 0 Å². The van der Waals surface area contributed by atoms with E-state index >= 15 is 0 Å². The van der Waals surface area contributed by atoms with E-state index in [1.54, 1.807) is 13.1 Å². The maximum absolute atomic E-state index is 12.8. The van der Waals surface area contributed by atoms with Gasteiger partial charge in [0.2, 0.25) is 5.91 Å². The molecule has 1 saturated heterocycles. The summed E-state index contributed by atoms with van der Waals surface area (Å²) in [5.41, 5.74) is 7.38. The molecule has 1 unspecified atom stereocenters. The van der Waals surface area contributed by atoms with Gasteiger partial charge in [-0.25, -0.2) is 0 Å². The number of aromatic nitrogens is 2. The van der Waals surface area contributed by atoms with Crippen LogP contribution in [0.15, 0.2) is 42.6 Å². The van der Waals surface area contributed by atoms with Crippen molar-refractivity contribution < 1.29 is 4.79 Å². The van der Waals surface area contributed by atoms with Crippen molar-refractivity contribution in [2.45, 2.75) is 31.2 Å². The van der Waals surface area contributed by atoms with Crippen LogP contribution in [0, 0.1) is 0 Å². The summed E-state index contributed by atoms with van der Waals surface area (Å²) in [6, 6.07) is 11.6. The molecule has 1 aliphatic heterocycles. The molecule has 2 heterocycles. The number of rotatable bonds is 3. The van der Waals surface area contributed by atoms with Crippen LogP contribution in [0.4, 0.5) is 0 Å². The molecular formula is C17H22N4O. The van der Waals surface area contributed by atoms with Crippen molar-refractivity contribution in [1.82, 2.24) is 15.1 Å². The fraction of sp³-hybridized carbons (Fsp3) is 0.412. The van der Waals surface area contributed by atoms with Crippen molar-refractivity contribution in [2.24, 2.45) is 5.73 Å². The lowest BCUT2D eigenvalue weighted by atomic mass is 9.88. The van der Waals surface area contributed by atoms with Crippen LogP contribution in [0.2, 0.25) is 0 Å². The van der Waals surface area contributed by atoms with E-state index in [1.807, 2.05) is 41.3 Å². The van der Waals surface area contributed by atoms with E-state index < -0.39 is 5.54 Å². The third kappa shape index (κ3) is 2.76. The molecule has 0 aliphatic carbocycles. The molecule has 3 rings (SSSR count). The number of piperidine rings is 1. The summed E-state index contributed by atoms with van der Waals surface area (Å²) in [5, 5.41) is 7.03. The molecule has 1 fully saturated rings. The highest BCUT2D eigenvalue weighted by Crippen LogP contribution is 2.29. The molecule has 0 bridgehead atoms. The summed E-state index contributed by atoms with van der Waals surface area (Å²) in [6.07, 6.45) is 3.66. The quantitative estimate of drug-likeness (QED) is 0.910. The fourth-order valence-electron chi connectivity index (χ4n) is 3.12. The Morgan fingerprint density at radius 1 is 1.27 bits per heavy atom. The number of aromatic amines is 1. The monoisotopic (exact) mass is 298 g/mol. The molecular weight excluding hydrogens is 276 g/mol. The van der Waals surface area contributed by atoms with Crippen LogP contribution in [0.5, 0.6) is 0 Å². The van der Waals surface area contributed by atoms with Crippen molar-refractivity contribution in [1.29, 1.82) is 0 Å². The van der Waals surface area contributed by atoms with Gasteiger partial charge in [-0.3, -0.25) is 9.89 Å². The molecule has 1 atom stereocenters. The maximum atomic E-state index is 12.8. The van der Waals surface area contributed by atoms with Gasteiger partial charge in [0.25, 0.3) is 0 Å². The maximum Gasteiger partial charge on any atom is 0.246 e. The summed E-state index contributed by atoms with van der Waals surface area (Å²) in [4.78, 5) is 14.7. The number of benzene rings is 1. The Kier molecular flexibility index (Phi) is 3.98. The number of H-pyrrole nitrogens is 1. The number of nitrogens with one attached hydrogen (secondary N) is 1. The van der Waals surface area contributed by atoms with Gasteiger partial charge in [0.05, 0.1) is 0 Å². The van der Waals surface area contributed by atoms with Crippen molar-refractivity contribution in [3.8, 4) is 0 Å². The Morgan fingerprint density at radius 3 is 2.55 bits per heavy atom. The summed E-state index contributed by atoms with van der Waals surface area (Å²) >= 11 is 0. The van der Waals surface area contributed by atoms with Crippen LogP contribution in [-0.4, -0.2) is 34.1 Å². The lowest BCUT2D eigenvalue weighted by Gasteiger charge is -2.36. The molecule has 0 saturated carbocycles. The van der Waals surface area contributed by atoms with Gasteiger partial charge in [0.1, 0.15) is 5.54 Å². The molecule has 2 aromatic rings. The van der Waals surface area contributed by atoms with E-state index in [4.69, 9.17) is 5.73 Å². The van der Waals surface area contributed by atoms with E-state index in [2.05, 4.69) is 10.2 Å². The first-order chi connectivity index (χ1) is 10.6. The highest BCUT2D eigenvalue weighted by Gasteiger charge is 2.36. The van der Waals surface area contributed by atoms with E-state index in [0.717, 1.165) is 37.2 Å². The molecule has 3 N–H and O–H groups in total. The van der Waals surface area contributed by atoms with Crippen LogP contribution in [0.25, 0.3) is 0 Å². The Bertz CT molecular complexity index is 613. The van der Waals surface area contributed by atoms with Crippen molar-refractivity contribution in [3.05, 3.63) is 53.9 Å². The van der Waals surface area contributed by atoms with Crippen LogP contribution in [0.3, 0.4) is 0 Å². The number of carbonyl (C=O) groups excluding carboxylic acids is 1. The topological polar surface area (TPSA) is 75.0 Å². The number of amides is 1. The van der Waals surface area contributed by atoms with Crippen LogP contribution in [0.1, 0.15) is 36.9 Å². The normalized spacial score (nSPS) is 18.9. The molecule has 22 heavy (non-hydrogen) atoms. The average Bonchev–Trinajstić information content (AvgIpc) is 3.09. The molecule has 1 aromatic carbocycles. The van der Waals surface area contributed by atoms with E-state index in [-0.39, 0.29) is 5.91 Å². The zero-order valence-corrected chi connectivity index (χ0v) is 12.8. The number of hydrogen-bond donors (Lipinski definition) is 2. The first kappa shape index (κ1) is 14.8.